The summed E-state index contributed by atoms with van der Waals surface area (Å²) in [5.41, 5.74) is 0. The summed E-state index contributed by atoms with van der Waals surface area (Å²) in [4.78, 5) is 13.5. The van der Waals surface area contributed by atoms with Crippen LogP contribution in [-0.4, -0.2) is 32.2 Å². The lowest BCUT2D eigenvalue weighted by molar-refractivity contribution is 0.642. The van der Waals surface area contributed by atoms with Crippen LogP contribution in [-0.2, 0) is 4.87 Å². The van der Waals surface area contributed by atoms with E-state index in [1.165, 1.54) is 11.3 Å². The molecular weight excluding hydrogens is 250 g/mol. The molecule has 2 N–H and O–H groups in total. The smallest absolute Gasteiger partial charge is 0.223 e. The van der Waals surface area contributed by atoms with Gasteiger partial charge in [0, 0.05) is 11.6 Å². The lowest BCUT2D eigenvalue weighted by atomic mass is 10.3. The van der Waals surface area contributed by atoms with E-state index in [0.29, 0.717) is 5.13 Å². The summed E-state index contributed by atoms with van der Waals surface area (Å²) in [6.45, 7) is 0.143. The first-order valence-electron chi connectivity index (χ1n) is 4.19. The number of tetrazole rings is 1. The molecule has 1 unspecified atom stereocenters. The maximum atomic E-state index is 10.8. The zero-order valence-corrected chi connectivity index (χ0v) is 9.57. The zero-order chi connectivity index (χ0) is 11.4. The fourth-order valence-electron chi connectivity index (χ4n) is 0.998. The number of hydrogen-bond acceptors (Lipinski definition) is 9. The van der Waals surface area contributed by atoms with Gasteiger partial charge in [-0.15, -0.1) is 34.0 Å². The van der Waals surface area contributed by atoms with Crippen LogP contribution >= 0.6 is 24.0 Å². The van der Waals surface area contributed by atoms with Gasteiger partial charge in [0.15, 0.2) is 11.0 Å². The van der Waals surface area contributed by atoms with E-state index < -0.39 is 4.87 Å². The average molecular weight is 257 g/mol. The SMILES string of the molecule is O=NC(S)(CNc1nccs1)c1nnn[nH]1. The molecule has 0 aliphatic carbocycles. The maximum Gasteiger partial charge on any atom is 0.223 e. The number of H-pyrrole nitrogens is 1. The fourth-order valence-corrected chi connectivity index (χ4v) is 1.70. The molecule has 0 saturated heterocycles. The highest BCUT2D eigenvalue weighted by molar-refractivity contribution is 7.81. The number of thiazole rings is 1. The van der Waals surface area contributed by atoms with E-state index in [4.69, 9.17) is 0 Å². The van der Waals surface area contributed by atoms with E-state index in [1.807, 2.05) is 5.38 Å². The van der Waals surface area contributed by atoms with Gasteiger partial charge in [-0.05, 0) is 15.6 Å². The molecule has 2 aromatic rings. The Labute approximate surface area is 99.3 Å². The highest BCUT2D eigenvalue weighted by atomic mass is 32.1. The monoisotopic (exact) mass is 257 g/mol. The number of thiol groups is 1. The van der Waals surface area contributed by atoms with Crippen molar-refractivity contribution in [2.24, 2.45) is 5.18 Å². The highest BCUT2D eigenvalue weighted by Gasteiger charge is 2.33. The standard InChI is InChI=1S/C6H7N7OS2/c14-11-6(15,4-9-12-13-10-4)3-8-5-7-1-2-16-5/h1-2,15H,3H2,(H,7,8)(H,9,10,12,13). The minimum Gasteiger partial charge on any atom is -0.358 e. The summed E-state index contributed by atoms with van der Waals surface area (Å²) in [6, 6.07) is 0. The summed E-state index contributed by atoms with van der Waals surface area (Å²) in [7, 11) is 0. The topological polar surface area (TPSA) is 109 Å². The van der Waals surface area contributed by atoms with Crippen molar-refractivity contribution in [3.8, 4) is 0 Å². The van der Waals surface area contributed by atoms with Gasteiger partial charge in [-0.1, -0.05) is 0 Å². The summed E-state index contributed by atoms with van der Waals surface area (Å²) in [6.07, 6.45) is 1.65. The van der Waals surface area contributed by atoms with Gasteiger partial charge in [-0.2, -0.15) is 0 Å². The average Bonchev–Trinajstić information content (AvgIpc) is 2.98. The number of nitrogens with one attached hydrogen (secondary N) is 2. The van der Waals surface area contributed by atoms with Crippen LogP contribution in [0.1, 0.15) is 5.82 Å². The van der Waals surface area contributed by atoms with Crippen molar-refractivity contribution in [1.29, 1.82) is 0 Å². The quantitative estimate of drug-likeness (QED) is 0.535. The number of anilines is 1. The predicted molar refractivity (Wildman–Crippen MR) is 61.2 cm³/mol. The van der Waals surface area contributed by atoms with Gasteiger partial charge in [0.05, 0.1) is 6.54 Å². The van der Waals surface area contributed by atoms with Crippen LogP contribution in [0, 0.1) is 4.91 Å². The molecule has 0 radical (unpaired) electrons. The van der Waals surface area contributed by atoms with E-state index in [2.05, 4.69) is 48.7 Å². The van der Waals surface area contributed by atoms with Crippen molar-refractivity contribution in [3.63, 3.8) is 0 Å². The third-order valence-corrected chi connectivity index (χ3v) is 2.98. The van der Waals surface area contributed by atoms with E-state index in [1.54, 1.807) is 6.20 Å². The van der Waals surface area contributed by atoms with Crippen LogP contribution < -0.4 is 5.32 Å². The Balaban J connectivity index is 2.08. The van der Waals surface area contributed by atoms with Crippen molar-refractivity contribution >= 4 is 29.1 Å². The highest BCUT2D eigenvalue weighted by Crippen LogP contribution is 2.27. The number of aromatic amines is 1. The molecule has 8 nitrogen and oxygen atoms in total. The molecule has 0 aliphatic heterocycles. The Morgan fingerprint density at radius 2 is 2.56 bits per heavy atom. The Hall–Kier alpha value is -1.55. The Bertz CT molecular complexity index is 443. The van der Waals surface area contributed by atoms with E-state index in [-0.39, 0.29) is 12.4 Å². The molecule has 0 aliphatic rings. The van der Waals surface area contributed by atoms with Crippen molar-refractivity contribution in [2.45, 2.75) is 4.87 Å². The van der Waals surface area contributed by atoms with Gasteiger partial charge in [-0.25, -0.2) is 10.1 Å². The Morgan fingerprint density at radius 1 is 1.69 bits per heavy atom. The van der Waals surface area contributed by atoms with Gasteiger partial charge >= 0.3 is 0 Å². The lowest BCUT2D eigenvalue weighted by Gasteiger charge is -2.16. The number of nitroso groups, excluding NO2 is 1. The second-order valence-corrected chi connectivity index (χ2v) is 4.48. The number of hydrogen-bond donors (Lipinski definition) is 3. The molecule has 0 aromatic carbocycles. The zero-order valence-electron chi connectivity index (χ0n) is 7.86. The van der Waals surface area contributed by atoms with Crippen LogP contribution in [0.15, 0.2) is 16.8 Å². The molecule has 0 saturated carbocycles. The van der Waals surface area contributed by atoms with Crippen molar-refractivity contribution in [3.05, 3.63) is 22.3 Å². The minimum absolute atomic E-state index is 0.143. The molecule has 0 fully saturated rings. The molecule has 2 rings (SSSR count). The van der Waals surface area contributed by atoms with Crippen LogP contribution in [0.2, 0.25) is 0 Å². The lowest BCUT2D eigenvalue weighted by Crippen LogP contribution is -2.27. The number of rotatable bonds is 5. The van der Waals surface area contributed by atoms with Crippen molar-refractivity contribution in [1.82, 2.24) is 25.6 Å². The van der Waals surface area contributed by atoms with Crippen molar-refractivity contribution in [2.75, 3.05) is 11.9 Å². The molecule has 0 amide bonds. The molecule has 16 heavy (non-hydrogen) atoms. The predicted octanol–water partition coefficient (Wildman–Crippen LogP) is 0.617. The minimum atomic E-state index is -1.34. The first-order valence-corrected chi connectivity index (χ1v) is 5.52. The van der Waals surface area contributed by atoms with Crippen molar-refractivity contribution < 1.29 is 0 Å². The van der Waals surface area contributed by atoms with E-state index in [0.717, 1.165) is 0 Å². The largest absolute Gasteiger partial charge is 0.358 e. The first-order chi connectivity index (χ1) is 7.74. The second kappa shape index (κ2) is 4.53. The molecular formula is C6H7N7OS2. The molecule has 2 heterocycles. The van der Waals surface area contributed by atoms with Crippen LogP contribution in [0.5, 0.6) is 0 Å². The van der Waals surface area contributed by atoms with Crippen LogP contribution in [0.4, 0.5) is 5.13 Å². The van der Waals surface area contributed by atoms with E-state index in [9.17, 15) is 4.91 Å². The summed E-state index contributed by atoms with van der Waals surface area (Å²) < 4.78 is 0. The summed E-state index contributed by atoms with van der Waals surface area (Å²) in [5.74, 6) is 0.190. The third kappa shape index (κ3) is 2.17. The third-order valence-electron chi connectivity index (χ3n) is 1.79. The molecule has 0 bridgehead atoms. The first kappa shape index (κ1) is 11.0. The molecule has 2 aromatic heterocycles. The normalized spacial score (nSPS) is 14.3. The Morgan fingerprint density at radius 3 is 3.12 bits per heavy atom. The second-order valence-electron chi connectivity index (χ2n) is 2.85. The summed E-state index contributed by atoms with van der Waals surface area (Å²) in [5, 5.41) is 21.1. The molecule has 0 spiro atoms. The number of nitrogens with zero attached hydrogens (tertiary/aromatic N) is 5. The fraction of sp³-hybridized carbons (Fsp3) is 0.333. The van der Waals surface area contributed by atoms with Gasteiger partial charge in [0.1, 0.15) is 0 Å². The van der Waals surface area contributed by atoms with E-state index >= 15 is 0 Å². The maximum absolute atomic E-state index is 10.8. The molecule has 84 valence electrons. The molecule has 10 heteroatoms. The van der Waals surface area contributed by atoms with Crippen LogP contribution in [0.25, 0.3) is 0 Å². The Kier molecular flexibility index (Phi) is 3.10. The van der Waals surface area contributed by atoms with Crippen LogP contribution in [0.3, 0.4) is 0 Å². The van der Waals surface area contributed by atoms with Gasteiger partial charge < -0.3 is 5.32 Å². The molecule has 1 atom stereocenters. The van der Waals surface area contributed by atoms with Gasteiger partial charge in [-0.3, -0.25) is 0 Å². The summed E-state index contributed by atoms with van der Waals surface area (Å²) >= 11 is 5.56. The van der Waals surface area contributed by atoms with Gasteiger partial charge in [0.25, 0.3) is 0 Å². The van der Waals surface area contributed by atoms with Gasteiger partial charge in [0.2, 0.25) is 4.87 Å². The number of aromatic nitrogens is 5.